The van der Waals surface area contributed by atoms with Gasteiger partial charge in [0.05, 0.1) is 0 Å². The summed E-state index contributed by atoms with van der Waals surface area (Å²) < 4.78 is 0. The summed E-state index contributed by atoms with van der Waals surface area (Å²) in [7, 11) is 0. The molecule has 0 rings (SSSR count). The summed E-state index contributed by atoms with van der Waals surface area (Å²) in [5.41, 5.74) is 1.57. The molecule has 0 radical (unpaired) electrons. The molecule has 0 aliphatic carbocycles. The Bertz CT molecular complexity index is 111. The average Bonchev–Trinajstić information content (AvgIpc) is 2.00. The molecule has 11 heavy (non-hydrogen) atoms. The second-order valence-electron chi connectivity index (χ2n) is 3.56. The van der Waals surface area contributed by atoms with Crippen LogP contribution in [0, 0.1) is 5.92 Å². The van der Waals surface area contributed by atoms with Gasteiger partial charge in [-0.15, -0.1) is 0 Å². The summed E-state index contributed by atoms with van der Waals surface area (Å²) in [4.78, 5) is 0. The summed E-state index contributed by atoms with van der Waals surface area (Å²) in [6.45, 7) is 9.07. The lowest BCUT2D eigenvalue weighted by atomic mass is 9.99. The highest BCUT2D eigenvalue weighted by molar-refractivity contribution is 4.98. The lowest BCUT2D eigenvalue weighted by molar-refractivity contribution is 0.556. The molecule has 0 aromatic heterocycles. The fraction of sp³-hybridized carbons (Fsp3) is 0.818. The first kappa shape index (κ1) is 10.7. The number of allylic oxidation sites excluding steroid dienone is 2. The van der Waals surface area contributed by atoms with E-state index >= 15 is 0 Å². The van der Waals surface area contributed by atoms with Crippen molar-refractivity contribution >= 4 is 0 Å². The number of hydrogen-bond acceptors (Lipinski definition) is 0. The van der Waals surface area contributed by atoms with Gasteiger partial charge in [0, 0.05) is 0 Å². The molecule has 1 unspecified atom stereocenters. The van der Waals surface area contributed by atoms with Gasteiger partial charge in [-0.1, -0.05) is 45.3 Å². The Morgan fingerprint density at radius 2 is 2.00 bits per heavy atom. The second kappa shape index (κ2) is 6.45. The SMILES string of the molecule is CCC/C=C(\C)CC(C)CC. The lowest BCUT2D eigenvalue weighted by Gasteiger charge is -2.07. The van der Waals surface area contributed by atoms with Crippen LogP contribution in [0.3, 0.4) is 0 Å². The van der Waals surface area contributed by atoms with Gasteiger partial charge in [-0.25, -0.2) is 0 Å². The van der Waals surface area contributed by atoms with Crippen molar-refractivity contribution in [3.05, 3.63) is 11.6 Å². The van der Waals surface area contributed by atoms with Crippen LogP contribution >= 0.6 is 0 Å². The van der Waals surface area contributed by atoms with E-state index in [2.05, 4.69) is 33.8 Å². The van der Waals surface area contributed by atoms with E-state index in [0.717, 1.165) is 5.92 Å². The normalized spacial score (nSPS) is 15.1. The van der Waals surface area contributed by atoms with Crippen LogP contribution in [0.1, 0.15) is 53.4 Å². The zero-order chi connectivity index (χ0) is 8.69. The Morgan fingerprint density at radius 1 is 1.36 bits per heavy atom. The fourth-order valence-electron chi connectivity index (χ4n) is 1.17. The van der Waals surface area contributed by atoms with Gasteiger partial charge < -0.3 is 0 Å². The standard InChI is InChI=1S/C11H22/c1-5-7-8-11(4)9-10(3)6-2/h8,10H,5-7,9H2,1-4H3/b11-8+. The van der Waals surface area contributed by atoms with Crippen molar-refractivity contribution in [2.75, 3.05) is 0 Å². The largest absolute Gasteiger partial charge is 0.0856 e. The fourth-order valence-corrected chi connectivity index (χ4v) is 1.17. The minimum absolute atomic E-state index is 0.864. The molecule has 0 aliphatic rings. The Kier molecular flexibility index (Phi) is 6.30. The molecule has 0 aromatic carbocycles. The summed E-state index contributed by atoms with van der Waals surface area (Å²) in [5, 5.41) is 0. The summed E-state index contributed by atoms with van der Waals surface area (Å²) in [6, 6.07) is 0. The molecule has 0 aliphatic heterocycles. The van der Waals surface area contributed by atoms with Crippen LogP contribution in [0.2, 0.25) is 0 Å². The molecular weight excluding hydrogens is 132 g/mol. The molecule has 0 N–H and O–H groups in total. The van der Waals surface area contributed by atoms with Gasteiger partial charge in [0.2, 0.25) is 0 Å². The van der Waals surface area contributed by atoms with Gasteiger partial charge in [0.1, 0.15) is 0 Å². The van der Waals surface area contributed by atoms with Crippen LogP contribution < -0.4 is 0 Å². The van der Waals surface area contributed by atoms with Crippen LogP contribution in [0.5, 0.6) is 0 Å². The quantitative estimate of drug-likeness (QED) is 0.521. The molecule has 0 bridgehead atoms. The van der Waals surface area contributed by atoms with E-state index in [1.807, 2.05) is 0 Å². The van der Waals surface area contributed by atoms with E-state index in [-0.39, 0.29) is 0 Å². The average molecular weight is 154 g/mol. The summed E-state index contributed by atoms with van der Waals surface area (Å²) >= 11 is 0. The number of hydrogen-bond donors (Lipinski definition) is 0. The molecule has 1 atom stereocenters. The molecule has 0 aromatic rings. The second-order valence-corrected chi connectivity index (χ2v) is 3.56. The maximum atomic E-state index is 2.38. The van der Waals surface area contributed by atoms with Crippen molar-refractivity contribution in [1.29, 1.82) is 0 Å². The zero-order valence-corrected chi connectivity index (χ0v) is 8.48. The topological polar surface area (TPSA) is 0 Å². The number of rotatable bonds is 5. The predicted octanol–water partition coefficient (Wildman–Crippen LogP) is 4.17. The summed E-state index contributed by atoms with van der Waals surface area (Å²) in [6.07, 6.45) is 7.50. The van der Waals surface area contributed by atoms with Gasteiger partial charge >= 0.3 is 0 Å². The van der Waals surface area contributed by atoms with E-state index in [1.54, 1.807) is 5.57 Å². The smallest absolute Gasteiger partial charge is 0.0297 e. The molecule has 0 fully saturated rings. The number of unbranched alkanes of at least 4 members (excludes halogenated alkanes) is 1. The van der Waals surface area contributed by atoms with Gasteiger partial charge in [0.25, 0.3) is 0 Å². The van der Waals surface area contributed by atoms with Crippen molar-refractivity contribution in [2.24, 2.45) is 5.92 Å². The third-order valence-corrected chi connectivity index (χ3v) is 2.15. The molecule has 0 saturated heterocycles. The van der Waals surface area contributed by atoms with Gasteiger partial charge in [-0.2, -0.15) is 0 Å². The van der Waals surface area contributed by atoms with E-state index in [9.17, 15) is 0 Å². The van der Waals surface area contributed by atoms with E-state index in [1.165, 1.54) is 25.7 Å². The first-order chi connectivity index (χ1) is 5.20. The molecule has 0 heterocycles. The van der Waals surface area contributed by atoms with E-state index in [4.69, 9.17) is 0 Å². The highest BCUT2D eigenvalue weighted by atomic mass is 14.0. The first-order valence-electron chi connectivity index (χ1n) is 4.86. The van der Waals surface area contributed by atoms with E-state index in [0.29, 0.717) is 0 Å². The Balaban J connectivity index is 3.57. The molecule has 0 heteroatoms. The highest BCUT2D eigenvalue weighted by Crippen LogP contribution is 2.14. The van der Waals surface area contributed by atoms with Gasteiger partial charge in [-0.3, -0.25) is 0 Å². The third-order valence-electron chi connectivity index (χ3n) is 2.15. The maximum absolute atomic E-state index is 2.38. The minimum Gasteiger partial charge on any atom is -0.0856 e. The van der Waals surface area contributed by atoms with Crippen molar-refractivity contribution in [3.8, 4) is 0 Å². The third kappa shape index (κ3) is 6.15. The molecule has 0 saturated carbocycles. The minimum atomic E-state index is 0.864. The maximum Gasteiger partial charge on any atom is -0.0297 e. The molecule has 0 nitrogen and oxygen atoms in total. The van der Waals surface area contributed by atoms with Crippen molar-refractivity contribution in [3.63, 3.8) is 0 Å². The Hall–Kier alpha value is -0.260. The van der Waals surface area contributed by atoms with Crippen LogP contribution in [0.25, 0.3) is 0 Å². The zero-order valence-electron chi connectivity index (χ0n) is 8.48. The van der Waals surface area contributed by atoms with Crippen LogP contribution in [0.15, 0.2) is 11.6 Å². The van der Waals surface area contributed by atoms with Crippen molar-refractivity contribution < 1.29 is 0 Å². The predicted molar refractivity (Wildman–Crippen MR) is 52.7 cm³/mol. The van der Waals surface area contributed by atoms with Crippen molar-refractivity contribution in [1.82, 2.24) is 0 Å². The Labute approximate surface area is 71.7 Å². The monoisotopic (exact) mass is 154 g/mol. The molecular formula is C11H22. The first-order valence-corrected chi connectivity index (χ1v) is 4.86. The van der Waals surface area contributed by atoms with E-state index < -0.39 is 0 Å². The van der Waals surface area contributed by atoms with Crippen LogP contribution in [0.4, 0.5) is 0 Å². The molecule has 0 spiro atoms. The Morgan fingerprint density at radius 3 is 2.45 bits per heavy atom. The van der Waals surface area contributed by atoms with Crippen LogP contribution in [-0.4, -0.2) is 0 Å². The van der Waals surface area contributed by atoms with Crippen LogP contribution in [-0.2, 0) is 0 Å². The highest BCUT2D eigenvalue weighted by Gasteiger charge is 1.98. The molecule has 66 valence electrons. The van der Waals surface area contributed by atoms with Gasteiger partial charge in [-0.05, 0) is 25.7 Å². The summed E-state index contributed by atoms with van der Waals surface area (Å²) in [5.74, 6) is 0.864. The molecule has 0 amide bonds. The van der Waals surface area contributed by atoms with Gasteiger partial charge in [0.15, 0.2) is 0 Å². The van der Waals surface area contributed by atoms with Crippen molar-refractivity contribution in [2.45, 2.75) is 53.4 Å². The lowest BCUT2D eigenvalue weighted by Crippen LogP contribution is -1.92.